The van der Waals surface area contributed by atoms with E-state index in [-0.39, 0.29) is 0 Å². The summed E-state index contributed by atoms with van der Waals surface area (Å²) >= 11 is 3.83. The summed E-state index contributed by atoms with van der Waals surface area (Å²) in [6, 6.07) is 0. The predicted octanol–water partition coefficient (Wildman–Crippen LogP) is 5.41. The number of aromatic nitrogens is 1. The zero-order valence-corrected chi connectivity index (χ0v) is 14.7. The average molecular weight is 340 g/mol. The fourth-order valence-electron chi connectivity index (χ4n) is 2.47. The maximum atomic E-state index is 5.94. The van der Waals surface area contributed by atoms with Gasteiger partial charge in [-0.05, 0) is 65.9 Å². The Kier molecular flexibility index (Phi) is 5.48. The monoisotopic (exact) mass is 339 g/mol. The first-order valence-corrected chi connectivity index (χ1v) is 8.65. The summed E-state index contributed by atoms with van der Waals surface area (Å²) in [5.41, 5.74) is 3.75. The summed E-state index contributed by atoms with van der Waals surface area (Å²) in [6.45, 7) is 9.48. The summed E-state index contributed by atoms with van der Waals surface area (Å²) in [6.07, 6.45) is 6.14. The molecular weight excluding hydrogens is 314 g/mol. The molecule has 0 aliphatic heterocycles. The van der Waals surface area contributed by atoms with Crippen molar-refractivity contribution in [2.45, 2.75) is 65.7 Å². The molecule has 1 fully saturated rings. The molecule has 1 aromatic heterocycles. The number of rotatable bonds is 7. The molecule has 1 saturated carbocycles. The van der Waals surface area contributed by atoms with Gasteiger partial charge in [0.25, 0.3) is 0 Å². The van der Waals surface area contributed by atoms with Gasteiger partial charge in [-0.2, -0.15) is 0 Å². The second-order valence-electron chi connectivity index (χ2n) is 6.21. The number of pyridine rings is 1. The Morgan fingerprint density at radius 1 is 1.35 bits per heavy atom. The molecule has 0 amide bonds. The lowest BCUT2D eigenvalue weighted by atomic mass is 9.98. The standard InChI is InChI=1S/C17H26BrNO/c1-5-6-9-20-17-15(11(2)3)16(18)14(12(4)19-17)10-13-7-8-13/h11,13H,5-10H2,1-4H3. The number of aryl methyl sites for hydroxylation is 1. The highest BCUT2D eigenvalue weighted by Crippen LogP contribution is 2.40. The molecule has 1 aromatic rings. The van der Waals surface area contributed by atoms with Crippen LogP contribution in [-0.4, -0.2) is 11.6 Å². The number of halogens is 1. The summed E-state index contributed by atoms with van der Waals surface area (Å²) in [4.78, 5) is 4.76. The average Bonchev–Trinajstić information content (AvgIpc) is 3.18. The van der Waals surface area contributed by atoms with Crippen molar-refractivity contribution in [3.63, 3.8) is 0 Å². The van der Waals surface area contributed by atoms with E-state index in [9.17, 15) is 0 Å². The second-order valence-corrected chi connectivity index (χ2v) is 7.01. The number of unbranched alkanes of at least 4 members (excludes halogenated alkanes) is 1. The van der Waals surface area contributed by atoms with Crippen LogP contribution in [0.5, 0.6) is 5.88 Å². The van der Waals surface area contributed by atoms with Crippen LogP contribution < -0.4 is 4.74 Å². The van der Waals surface area contributed by atoms with E-state index in [4.69, 9.17) is 9.72 Å². The van der Waals surface area contributed by atoms with Crippen molar-refractivity contribution in [1.82, 2.24) is 4.98 Å². The van der Waals surface area contributed by atoms with Gasteiger partial charge in [-0.1, -0.05) is 27.2 Å². The van der Waals surface area contributed by atoms with Gasteiger partial charge in [-0.3, -0.25) is 0 Å². The first kappa shape index (κ1) is 15.8. The molecule has 2 nitrogen and oxygen atoms in total. The van der Waals surface area contributed by atoms with Crippen molar-refractivity contribution in [1.29, 1.82) is 0 Å². The first-order chi connectivity index (χ1) is 9.54. The molecule has 0 saturated heterocycles. The molecule has 20 heavy (non-hydrogen) atoms. The third-order valence-electron chi connectivity index (χ3n) is 3.94. The fourth-order valence-corrected chi connectivity index (χ4v) is 3.54. The van der Waals surface area contributed by atoms with Gasteiger partial charge >= 0.3 is 0 Å². The van der Waals surface area contributed by atoms with Crippen molar-refractivity contribution in [3.8, 4) is 5.88 Å². The van der Waals surface area contributed by atoms with Crippen molar-refractivity contribution < 1.29 is 4.74 Å². The van der Waals surface area contributed by atoms with Crippen LogP contribution >= 0.6 is 15.9 Å². The molecule has 2 rings (SSSR count). The van der Waals surface area contributed by atoms with Crippen LogP contribution in [-0.2, 0) is 6.42 Å². The van der Waals surface area contributed by atoms with Gasteiger partial charge in [0.2, 0.25) is 5.88 Å². The predicted molar refractivity (Wildman–Crippen MR) is 87.6 cm³/mol. The highest BCUT2D eigenvalue weighted by atomic mass is 79.9. The molecule has 0 atom stereocenters. The van der Waals surface area contributed by atoms with E-state index in [1.807, 2.05) is 0 Å². The van der Waals surface area contributed by atoms with E-state index in [1.165, 1.54) is 28.4 Å². The van der Waals surface area contributed by atoms with Gasteiger partial charge in [-0.25, -0.2) is 4.98 Å². The lowest BCUT2D eigenvalue weighted by Crippen LogP contribution is -2.08. The maximum absolute atomic E-state index is 5.94. The smallest absolute Gasteiger partial charge is 0.218 e. The summed E-state index contributed by atoms with van der Waals surface area (Å²) in [5.74, 6) is 2.13. The minimum absolute atomic E-state index is 0.423. The number of hydrogen-bond donors (Lipinski definition) is 0. The lowest BCUT2D eigenvalue weighted by Gasteiger charge is -2.19. The van der Waals surface area contributed by atoms with Crippen LogP contribution in [0.15, 0.2) is 4.47 Å². The molecule has 112 valence electrons. The Morgan fingerprint density at radius 3 is 2.60 bits per heavy atom. The first-order valence-electron chi connectivity index (χ1n) is 7.86. The van der Waals surface area contributed by atoms with Crippen LogP contribution in [0.3, 0.4) is 0 Å². The second kappa shape index (κ2) is 6.93. The van der Waals surface area contributed by atoms with Gasteiger partial charge in [-0.15, -0.1) is 0 Å². The highest BCUT2D eigenvalue weighted by molar-refractivity contribution is 9.10. The number of hydrogen-bond acceptors (Lipinski definition) is 2. The molecule has 0 aromatic carbocycles. The molecule has 1 heterocycles. The Bertz CT molecular complexity index is 467. The number of ether oxygens (including phenoxy) is 1. The van der Waals surface area contributed by atoms with Crippen LogP contribution in [0.1, 0.15) is 69.2 Å². The molecule has 0 bridgehead atoms. The third-order valence-corrected chi connectivity index (χ3v) is 4.85. The number of nitrogens with zero attached hydrogens (tertiary/aromatic N) is 1. The van der Waals surface area contributed by atoms with Gasteiger partial charge < -0.3 is 4.74 Å². The SMILES string of the molecule is CCCCOc1nc(C)c(CC2CC2)c(Br)c1C(C)C. The van der Waals surface area contributed by atoms with E-state index in [0.717, 1.165) is 43.4 Å². The molecule has 1 aliphatic carbocycles. The van der Waals surface area contributed by atoms with Gasteiger partial charge in [0.1, 0.15) is 0 Å². The molecule has 0 N–H and O–H groups in total. The molecule has 3 heteroatoms. The van der Waals surface area contributed by atoms with Gasteiger partial charge in [0, 0.05) is 15.7 Å². The normalized spacial score (nSPS) is 14.9. The molecule has 0 unspecified atom stereocenters. The lowest BCUT2D eigenvalue weighted by molar-refractivity contribution is 0.292. The topological polar surface area (TPSA) is 22.1 Å². The Hall–Kier alpha value is -0.570. The summed E-state index contributed by atoms with van der Waals surface area (Å²) in [5, 5.41) is 0. The molecule has 0 spiro atoms. The van der Waals surface area contributed by atoms with E-state index in [1.54, 1.807) is 0 Å². The van der Waals surface area contributed by atoms with Gasteiger partial charge in [0.05, 0.1) is 6.61 Å². The van der Waals surface area contributed by atoms with Crippen molar-refractivity contribution in [2.24, 2.45) is 5.92 Å². The fraction of sp³-hybridized carbons (Fsp3) is 0.706. The summed E-state index contributed by atoms with van der Waals surface area (Å²) < 4.78 is 7.17. The highest BCUT2D eigenvalue weighted by Gasteiger charge is 2.26. The van der Waals surface area contributed by atoms with E-state index < -0.39 is 0 Å². The van der Waals surface area contributed by atoms with Crippen LogP contribution in [0, 0.1) is 12.8 Å². The zero-order valence-electron chi connectivity index (χ0n) is 13.1. The quantitative estimate of drug-likeness (QED) is 0.620. The minimum atomic E-state index is 0.423. The zero-order chi connectivity index (χ0) is 14.7. The Balaban J connectivity index is 2.30. The maximum Gasteiger partial charge on any atom is 0.218 e. The van der Waals surface area contributed by atoms with Crippen LogP contribution in [0.25, 0.3) is 0 Å². The van der Waals surface area contributed by atoms with Gasteiger partial charge in [0.15, 0.2) is 0 Å². The van der Waals surface area contributed by atoms with E-state index in [2.05, 4.69) is 43.6 Å². The van der Waals surface area contributed by atoms with E-state index >= 15 is 0 Å². The minimum Gasteiger partial charge on any atom is -0.477 e. The molecule has 0 radical (unpaired) electrons. The summed E-state index contributed by atoms with van der Waals surface area (Å²) in [7, 11) is 0. The third kappa shape index (κ3) is 3.75. The van der Waals surface area contributed by atoms with E-state index in [0.29, 0.717) is 5.92 Å². The molecular formula is C17H26BrNO. The van der Waals surface area contributed by atoms with Crippen LogP contribution in [0.2, 0.25) is 0 Å². The Labute approximate surface area is 131 Å². The van der Waals surface area contributed by atoms with Crippen molar-refractivity contribution >= 4 is 15.9 Å². The molecule has 1 aliphatic rings. The van der Waals surface area contributed by atoms with Crippen molar-refractivity contribution in [2.75, 3.05) is 6.61 Å². The van der Waals surface area contributed by atoms with Crippen LogP contribution in [0.4, 0.5) is 0 Å². The van der Waals surface area contributed by atoms with Crippen molar-refractivity contribution in [3.05, 3.63) is 21.3 Å². The Morgan fingerprint density at radius 2 is 2.05 bits per heavy atom. The largest absolute Gasteiger partial charge is 0.477 e.